The molecule has 0 bridgehead atoms. The molecule has 4 heterocycles. The molecule has 0 amide bonds. The van der Waals surface area contributed by atoms with Gasteiger partial charge < -0.3 is 27.8 Å². The highest BCUT2D eigenvalue weighted by Gasteiger charge is 2.24. The zero-order valence-electron chi connectivity index (χ0n) is 45.0. The number of hydrogen-bond acceptors (Lipinski definition) is 4. The number of hydrogen-bond donors (Lipinski definition) is 0. The molecule has 82 heavy (non-hydrogen) atoms. The van der Waals surface area contributed by atoms with Crippen LogP contribution < -0.4 is 9.80 Å². The molecule has 0 saturated heterocycles. The van der Waals surface area contributed by atoms with Crippen molar-refractivity contribution in [3.05, 3.63) is 278 Å². The number of aryl methyl sites for hydroxylation is 2. The van der Waals surface area contributed by atoms with Crippen molar-refractivity contribution in [3.63, 3.8) is 0 Å². The zero-order chi connectivity index (χ0) is 54.2. The molecule has 386 valence electrons. The van der Waals surface area contributed by atoms with Crippen molar-refractivity contribution >= 4 is 143 Å². The standard InChI is InChI=1S/C76H50N4O2/c1-47-73-65-41-49-31-33-57(77(53-19-7-3-8-20-53)59-35-37-69-63(45-59)61-27-15-17-29-67(61)79(69)55-23-11-5-12-24-55)39-51(49)43-71(65)81-75(73)48(2)76-74(47)66-42-50-32-34-58(40-52(50)44-72(66)82-76)78(54-21-9-4-10-22-54)60-36-38-70-64(46-60)62-28-16-18-30-68(62)80(70)56-25-13-6-14-26-56/h3-46H,1-2H3. The van der Waals surface area contributed by atoms with Crippen LogP contribution in [0.5, 0.6) is 0 Å². The fourth-order valence-corrected chi connectivity index (χ4v) is 13.4. The van der Waals surface area contributed by atoms with E-state index in [-0.39, 0.29) is 0 Å². The van der Waals surface area contributed by atoms with Gasteiger partial charge in [-0.2, -0.15) is 0 Å². The van der Waals surface area contributed by atoms with Gasteiger partial charge >= 0.3 is 0 Å². The highest BCUT2D eigenvalue weighted by atomic mass is 16.3. The Balaban J connectivity index is 0.767. The minimum atomic E-state index is 0.853. The van der Waals surface area contributed by atoms with Crippen molar-refractivity contribution in [1.82, 2.24) is 9.13 Å². The maximum Gasteiger partial charge on any atom is 0.142 e. The van der Waals surface area contributed by atoms with E-state index < -0.39 is 0 Å². The first kappa shape index (κ1) is 46.1. The quantitative estimate of drug-likeness (QED) is 0.152. The summed E-state index contributed by atoms with van der Waals surface area (Å²) >= 11 is 0. The SMILES string of the molecule is Cc1c2oc3cc4cc(N(c5ccccc5)c5ccc6c(c5)c5ccccc5n6-c5ccccc5)ccc4cc3c2c(C)c2c1oc1cc3cc(N(c4ccccc4)c4ccc5c(c4)c4ccccc4n5-c4ccccc4)ccc3cc12. The second kappa shape index (κ2) is 17.8. The fourth-order valence-electron chi connectivity index (χ4n) is 13.4. The molecule has 0 atom stereocenters. The van der Waals surface area contributed by atoms with Crippen LogP contribution in [0.15, 0.2) is 276 Å². The van der Waals surface area contributed by atoms with Crippen LogP contribution in [0.3, 0.4) is 0 Å². The lowest BCUT2D eigenvalue weighted by molar-refractivity contribution is 0.651. The number of nitrogens with zero attached hydrogens (tertiary/aromatic N) is 4. The molecule has 0 unspecified atom stereocenters. The first-order valence-electron chi connectivity index (χ1n) is 28.1. The van der Waals surface area contributed by atoms with Crippen LogP contribution in [0.2, 0.25) is 0 Å². The number of aromatic nitrogens is 2. The Hall–Kier alpha value is -10.8. The molecule has 4 aromatic heterocycles. The topological polar surface area (TPSA) is 42.6 Å². The second-order valence-electron chi connectivity index (χ2n) is 21.7. The molecule has 0 spiro atoms. The van der Waals surface area contributed by atoms with Crippen LogP contribution in [0, 0.1) is 13.8 Å². The van der Waals surface area contributed by atoms with E-state index in [1.807, 2.05) is 0 Å². The Labute approximate surface area is 471 Å². The van der Waals surface area contributed by atoms with E-state index in [9.17, 15) is 0 Å². The Morgan fingerprint density at radius 2 is 0.634 bits per heavy atom. The fraction of sp³-hybridized carbons (Fsp3) is 0.0263. The van der Waals surface area contributed by atoms with Crippen LogP contribution in [-0.2, 0) is 0 Å². The number of fused-ring (bicyclic) bond motifs is 14. The third-order valence-corrected chi connectivity index (χ3v) is 17.1. The summed E-state index contributed by atoms with van der Waals surface area (Å²) in [7, 11) is 0. The van der Waals surface area contributed by atoms with Gasteiger partial charge in [0.1, 0.15) is 22.3 Å². The molecule has 6 heteroatoms. The minimum absolute atomic E-state index is 0.853. The van der Waals surface area contributed by atoms with Crippen LogP contribution in [0.25, 0.3) is 120 Å². The molecule has 0 aliphatic carbocycles. The normalized spacial score (nSPS) is 12.0. The Morgan fingerprint density at radius 3 is 1.07 bits per heavy atom. The van der Waals surface area contributed by atoms with Crippen molar-refractivity contribution in [3.8, 4) is 11.4 Å². The van der Waals surface area contributed by atoms with Gasteiger partial charge in [0.25, 0.3) is 0 Å². The largest absolute Gasteiger partial charge is 0.456 e. The Morgan fingerprint density at radius 1 is 0.268 bits per heavy atom. The maximum absolute atomic E-state index is 6.97. The molecule has 0 aliphatic rings. The predicted molar refractivity (Wildman–Crippen MR) is 344 cm³/mol. The van der Waals surface area contributed by atoms with E-state index in [0.29, 0.717) is 0 Å². The molecule has 17 aromatic rings. The van der Waals surface area contributed by atoms with E-state index in [1.165, 1.54) is 43.6 Å². The van der Waals surface area contributed by atoms with E-state index in [1.54, 1.807) is 0 Å². The van der Waals surface area contributed by atoms with Crippen molar-refractivity contribution < 1.29 is 8.83 Å². The summed E-state index contributed by atoms with van der Waals surface area (Å²) in [5, 5.41) is 13.8. The van der Waals surface area contributed by atoms with E-state index in [2.05, 4.69) is 300 Å². The molecule has 17 rings (SSSR count). The van der Waals surface area contributed by atoms with Crippen LogP contribution in [0.1, 0.15) is 11.1 Å². The van der Waals surface area contributed by atoms with Crippen molar-refractivity contribution in [2.24, 2.45) is 0 Å². The number of para-hydroxylation sites is 6. The maximum atomic E-state index is 6.97. The second-order valence-corrected chi connectivity index (χ2v) is 21.7. The lowest BCUT2D eigenvalue weighted by atomic mass is 9.96. The van der Waals surface area contributed by atoms with Crippen LogP contribution in [0.4, 0.5) is 34.1 Å². The van der Waals surface area contributed by atoms with Crippen LogP contribution >= 0.6 is 0 Å². The average Bonchev–Trinajstić information content (AvgIpc) is 2.79. The van der Waals surface area contributed by atoms with Gasteiger partial charge in [-0.05, 0) is 187 Å². The van der Waals surface area contributed by atoms with Gasteiger partial charge in [-0.15, -0.1) is 0 Å². The third kappa shape index (κ3) is 6.95. The molecule has 13 aromatic carbocycles. The number of furan rings is 2. The van der Waals surface area contributed by atoms with Crippen LogP contribution in [-0.4, -0.2) is 9.13 Å². The first-order chi connectivity index (χ1) is 40.5. The summed E-state index contributed by atoms with van der Waals surface area (Å²) in [4.78, 5) is 4.72. The first-order valence-corrected chi connectivity index (χ1v) is 28.1. The van der Waals surface area contributed by atoms with Gasteiger partial charge in [0.05, 0.1) is 22.1 Å². The highest BCUT2D eigenvalue weighted by molar-refractivity contribution is 6.22. The van der Waals surface area contributed by atoms with E-state index >= 15 is 0 Å². The monoisotopic (exact) mass is 1050 g/mol. The van der Waals surface area contributed by atoms with E-state index in [0.717, 1.165) is 122 Å². The predicted octanol–water partition coefficient (Wildman–Crippen LogP) is 21.5. The Bertz CT molecular complexity index is 5090. The van der Waals surface area contributed by atoms with Crippen molar-refractivity contribution in [2.45, 2.75) is 13.8 Å². The number of anilines is 6. The summed E-state index contributed by atoms with van der Waals surface area (Å²) in [6.45, 7) is 4.37. The van der Waals surface area contributed by atoms with Gasteiger partial charge in [0, 0.05) is 94.2 Å². The summed E-state index contributed by atoms with van der Waals surface area (Å²) in [6.07, 6.45) is 0. The molecule has 0 radical (unpaired) electrons. The molecule has 6 nitrogen and oxygen atoms in total. The smallest absolute Gasteiger partial charge is 0.142 e. The van der Waals surface area contributed by atoms with Gasteiger partial charge in [-0.1, -0.05) is 121 Å². The number of benzene rings is 13. The summed E-state index contributed by atoms with van der Waals surface area (Å²) in [6, 6.07) is 96.4. The molecular formula is C76H50N4O2. The molecule has 0 aliphatic heterocycles. The molecular weight excluding hydrogens is 1000 g/mol. The van der Waals surface area contributed by atoms with E-state index in [4.69, 9.17) is 8.83 Å². The van der Waals surface area contributed by atoms with Crippen molar-refractivity contribution in [1.29, 1.82) is 0 Å². The third-order valence-electron chi connectivity index (χ3n) is 17.1. The lowest BCUT2D eigenvalue weighted by Crippen LogP contribution is -2.09. The highest BCUT2D eigenvalue weighted by Crippen LogP contribution is 2.47. The molecule has 0 N–H and O–H groups in total. The van der Waals surface area contributed by atoms with Gasteiger partial charge in [-0.25, -0.2) is 0 Å². The van der Waals surface area contributed by atoms with Gasteiger partial charge in [0.2, 0.25) is 0 Å². The van der Waals surface area contributed by atoms with Gasteiger partial charge in [0.15, 0.2) is 0 Å². The van der Waals surface area contributed by atoms with Gasteiger partial charge in [-0.3, -0.25) is 0 Å². The summed E-state index contributed by atoms with van der Waals surface area (Å²) in [5.41, 5.74) is 19.0. The minimum Gasteiger partial charge on any atom is -0.456 e. The van der Waals surface area contributed by atoms with Crippen molar-refractivity contribution in [2.75, 3.05) is 9.80 Å². The zero-order valence-corrected chi connectivity index (χ0v) is 45.0. The summed E-state index contributed by atoms with van der Waals surface area (Å²) < 4.78 is 18.7. The number of rotatable bonds is 8. The molecule has 0 fully saturated rings. The lowest BCUT2D eigenvalue weighted by Gasteiger charge is -2.26. The summed E-state index contributed by atoms with van der Waals surface area (Å²) in [5.74, 6) is 0. The Kier molecular flexibility index (Phi) is 10.0. The molecule has 0 saturated carbocycles. The average molecular weight is 1050 g/mol.